The summed E-state index contributed by atoms with van der Waals surface area (Å²) < 4.78 is 7.43. The van der Waals surface area contributed by atoms with Gasteiger partial charge in [-0.15, -0.1) is 0 Å². The van der Waals surface area contributed by atoms with Crippen LogP contribution in [-0.4, -0.2) is 41.1 Å². The van der Waals surface area contributed by atoms with E-state index in [4.69, 9.17) is 9.73 Å². The monoisotopic (exact) mass is 871 g/mol. The van der Waals surface area contributed by atoms with Gasteiger partial charge in [0.15, 0.2) is 0 Å². The highest BCUT2D eigenvalue weighted by Crippen LogP contribution is 2.72. The van der Waals surface area contributed by atoms with Gasteiger partial charge >= 0.3 is 0 Å². The molecule has 15 unspecified atom stereocenters. The molecule has 1 N–H and O–H groups in total. The molecule has 0 radical (unpaired) electrons. The first-order valence-electron chi connectivity index (χ1n) is 27.9. The zero-order valence-electron chi connectivity index (χ0n) is 39.5. The molecule has 344 valence electrons. The predicted molar refractivity (Wildman–Crippen MR) is 262 cm³/mol. The van der Waals surface area contributed by atoms with Gasteiger partial charge in [0.1, 0.15) is 6.17 Å². The summed E-state index contributed by atoms with van der Waals surface area (Å²) in [7, 11) is 0. The van der Waals surface area contributed by atoms with Gasteiger partial charge in [-0.2, -0.15) is 5.26 Å². The molecule has 0 bridgehead atoms. The third-order valence-corrected chi connectivity index (χ3v) is 20.9. The molecule has 0 amide bonds. The van der Waals surface area contributed by atoms with E-state index in [1.807, 2.05) is 0 Å². The summed E-state index contributed by atoms with van der Waals surface area (Å²) in [6, 6.07) is 3.66. The first-order chi connectivity index (χ1) is 32.2. The maximum absolute atomic E-state index is 10.0. The third-order valence-electron chi connectivity index (χ3n) is 20.9. The second kappa shape index (κ2) is 17.4. The molecule has 15 atom stereocenters. The fourth-order valence-electron chi connectivity index (χ4n) is 18.2. The highest BCUT2D eigenvalue weighted by molar-refractivity contribution is 5.88. The van der Waals surface area contributed by atoms with Crippen molar-refractivity contribution in [2.45, 2.75) is 191 Å². The summed E-state index contributed by atoms with van der Waals surface area (Å²) in [6.07, 6.45) is 61.4. The molecule has 13 rings (SSSR count). The number of fused-ring (bicyclic) bond motifs is 12. The second-order valence-corrected chi connectivity index (χ2v) is 23.8. The minimum Gasteiger partial charge on any atom is -0.366 e. The third kappa shape index (κ3) is 7.04. The fourth-order valence-corrected chi connectivity index (χ4v) is 18.2. The molecule has 13 aliphatic rings. The molecule has 0 aromatic rings. The Morgan fingerprint density at radius 1 is 0.723 bits per heavy atom. The lowest BCUT2D eigenvalue weighted by atomic mass is 9.50. The van der Waals surface area contributed by atoms with E-state index >= 15 is 0 Å². The Balaban J connectivity index is 0.899. The SMILES string of the molecule is N#CC1=CC2C3CCC(C4C=C5C(CC4)OC4C=CCCC4C54C5C=C(C6N=C(C7CCCCC7)CC(C7CCCCC7)N6)CCC5C5C=CCCC54)C=C3N(C3=CCCC=C3)C2CC1. The van der Waals surface area contributed by atoms with Crippen LogP contribution in [0.5, 0.6) is 0 Å². The van der Waals surface area contributed by atoms with E-state index in [0.29, 0.717) is 71.3 Å². The van der Waals surface area contributed by atoms with E-state index in [1.54, 1.807) is 22.6 Å². The van der Waals surface area contributed by atoms with E-state index < -0.39 is 0 Å². The number of ether oxygens (including phenoxy) is 1. The maximum Gasteiger partial charge on any atom is 0.121 e. The van der Waals surface area contributed by atoms with Crippen molar-refractivity contribution in [1.82, 2.24) is 10.2 Å². The topological polar surface area (TPSA) is 60.6 Å². The van der Waals surface area contributed by atoms with Crippen LogP contribution in [0.15, 0.2) is 99.9 Å². The Labute approximate surface area is 391 Å². The van der Waals surface area contributed by atoms with Crippen molar-refractivity contribution in [3.8, 4) is 6.07 Å². The molecule has 0 aromatic carbocycles. The molecule has 3 aliphatic heterocycles. The van der Waals surface area contributed by atoms with Gasteiger partial charge in [-0.3, -0.25) is 10.3 Å². The van der Waals surface area contributed by atoms with Gasteiger partial charge in [0.2, 0.25) is 0 Å². The normalized spacial score (nSPS) is 44.8. The Hall–Kier alpha value is -3.20. The number of nitrogens with one attached hydrogen (secondary N) is 1. The fraction of sp³-hybridized carbons (Fsp3) is 0.700. The van der Waals surface area contributed by atoms with Crippen LogP contribution in [0.25, 0.3) is 0 Å². The Morgan fingerprint density at radius 3 is 2.38 bits per heavy atom. The molecule has 5 fully saturated rings. The second-order valence-electron chi connectivity index (χ2n) is 23.8. The summed E-state index contributed by atoms with van der Waals surface area (Å²) >= 11 is 0. The average molecular weight is 871 g/mol. The lowest BCUT2D eigenvalue weighted by molar-refractivity contribution is -0.122. The standard InChI is InChI=1S/C60H78N4O/c61-37-38-24-30-55-48(32-38)47-29-25-42(35-56(47)64(55)44-18-8-3-9-19-44)41-27-31-58-52(33-41)60(50-22-12-13-23-57(50)65-58)49-21-11-10-20-45(49)46-28-26-43(34-51(46)60)59-62-53(39-14-4-1-5-15-39)36-54(63-59)40-16-6-2-7-17-40/h8,10,13,18-20,23,32-35,39-42,45-51,53,55,57-59,62H,1-7,9,11-12,14-17,21-22,24-31,36H2. The van der Waals surface area contributed by atoms with Gasteiger partial charge < -0.3 is 9.64 Å². The van der Waals surface area contributed by atoms with Crippen molar-refractivity contribution in [2.24, 2.45) is 75.5 Å². The van der Waals surface area contributed by atoms with Gasteiger partial charge in [0, 0.05) is 58.4 Å². The molecule has 0 aromatic heterocycles. The number of allylic oxidation sites excluding steroid dienone is 11. The smallest absolute Gasteiger partial charge is 0.121 e. The van der Waals surface area contributed by atoms with E-state index in [9.17, 15) is 5.26 Å². The Bertz CT molecular complexity index is 2180. The number of nitriles is 1. The number of likely N-dealkylation sites (tertiary alicyclic amines) is 1. The molecule has 5 heteroatoms. The number of hydrogen-bond acceptors (Lipinski definition) is 5. The van der Waals surface area contributed by atoms with Gasteiger partial charge in [-0.1, -0.05) is 99.3 Å². The number of hydrogen-bond donors (Lipinski definition) is 1. The van der Waals surface area contributed by atoms with Crippen molar-refractivity contribution in [3.63, 3.8) is 0 Å². The molecule has 2 saturated heterocycles. The highest BCUT2D eigenvalue weighted by atomic mass is 16.5. The van der Waals surface area contributed by atoms with Crippen LogP contribution in [0, 0.1) is 81.8 Å². The molecule has 3 heterocycles. The molecular weight excluding hydrogens is 793 g/mol. The van der Waals surface area contributed by atoms with Crippen LogP contribution in [0.3, 0.4) is 0 Å². The molecule has 1 spiro atoms. The summed E-state index contributed by atoms with van der Waals surface area (Å²) in [4.78, 5) is 8.68. The van der Waals surface area contributed by atoms with Crippen molar-refractivity contribution in [2.75, 3.05) is 0 Å². The Morgan fingerprint density at radius 2 is 1.54 bits per heavy atom. The Kier molecular flexibility index (Phi) is 11.2. The molecule has 65 heavy (non-hydrogen) atoms. The van der Waals surface area contributed by atoms with Gasteiger partial charge in [0.05, 0.1) is 18.3 Å². The lowest BCUT2D eigenvalue weighted by Gasteiger charge is -2.59. The van der Waals surface area contributed by atoms with Gasteiger partial charge in [0.25, 0.3) is 0 Å². The molecular formula is C60H78N4O. The molecule has 5 nitrogen and oxygen atoms in total. The largest absolute Gasteiger partial charge is 0.366 e. The number of rotatable bonds is 5. The minimum atomic E-state index is 0.144. The summed E-state index contributed by atoms with van der Waals surface area (Å²) in [6.45, 7) is 0. The predicted octanol–water partition coefficient (Wildman–Crippen LogP) is 13.6. The van der Waals surface area contributed by atoms with Crippen molar-refractivity contribution >= 4 is 5.71 Å². The van der Waals surface area contributed by atoms with Crippen LogP contribution in [0.4, 0.5) is 0 Å². The number of nitrogens with zero attached hydrogens (tertiary/aromatic N) is 3. The van der Waals surface area contributed by atoms with E-state index in [2.05, 4.69) is 83.1 Å². The molecule has 3 saturated carbocycles. The van der Waals surface area contributed by atoms with Crippen LogP contribution in [-0.2, 0) is 4.74 Å². The highest BCUT2D eigenvalue weighted by Gasteiger charge is 2.68. The van der Waals surface area contributed by atoms with E-state index in [0.717, 1.165) is 37.2 Å². The first-order valence-corrected chi connectivity index (χ1v) is 27.9. The minimum absolute atomic E-state index is 0.144. The zero-order chi connectivity index (χ0) is 43.1. The van der Waals surface area contributed by atoms with Crippen molar-refractivity contribution in [3.05, 3.63) is 94.9 Å². The quantitative estimate of drug-likeness (QED) is 0.280. The van der Waals surface area contributed by atoms with Crippen molar-refractivity contribution in [1.29, 1.82) is 5.26 Å². The van der Waals surface area contributed by atoms with Crippen LogP contribution in [0.2, 0.25) is 0 Å². The summed E-state index contributed by atoms with van der Waals surface area (Å²) in [5.74, 6) is 6.80. The van der Waals surface area contributed by atoms with Crippen LogP contribution < -0.4 is 5.32 Å². The number of aliphatic imine (C=N–C) groups is 1. The van der Waals surface area contributed by atoms with Crippen LogP contribution in [0.1, 0.15) is 161 Å². The maximum atomic E-state index is 10.0. The molecule has 10 aliphatic carbocycles. The van der Waals surface area contributed by atoms with Gasteiger partial charge in [-0.25, -0.2) is 0 Å². The first kappa shape index (κ1) is 41.9. The van der Waals surface area contributed by atoms with Gasteiger partial charge in [-0.05, 0) is 186 Å². The zero-order valence-corrected chi connectivity index (χ0v) is 39.5. The van der Waals surface area contributed by atoms with Crippen molar-refractivity contribution < 1.29 is 4.74 Å². The van der Waals surface area contributed by atoms with Crippen LogP contribution >= 0.6 is 0 Å². The van der Waals surface area contributed by atoms with E-state index in [-0.39, 0.29) is 23.8 Å². The lowest BCUT2D eigenvalue weighted by Crippen LogP contribution is -2.57. The summed E-state index contributed by atoms with van der Waals surface area (Å²) in [5, 5.41) is 14.4. The average Bonchev–Trinajstić information content (AvgIpc) is 3.86. The summed E-state index contributed by atoms with van der Waals surface area (Å²) in [5.41, 5.74) is 9.21. The van der Waals surface area contributed by atoms with E-state index in [1.165, 1.54) is 141 Å².